The van der Waals surface area contributed by atoms with Crippen LogP contribution >= 0.6 is 15.9 Å². The number of aliphatic carboxylic acids is 1. The number of nitrogens with one attached hydrogen (secondary N) is 1. The zero-order valence-corrected chi connectivity index (χ0v) is 12.4. The highest BCUT2D eigenvalue weighted by atomic mass is 79.9. The van der Waals surface area contributed by atoms with E-state index in [1.165, 1.54) is 4.90 Å². The fourth-order valence-corrected chi connectivity index (χ4v) is 3.58. The maximum absolute atomic E-state index is 11.8. The number of halogens is 1. The van der Waals surface area contributed by atoms with Crippen LogP contribution in [0.3, 0.4) is 0 Å². The molecule has 0 bridgehead atoms. The van der Waals surface area contributed by atoms with E-state index in [1.807, 2.05) is 12.1 Å². The highest BCUT2D eigenvalue weighted by Gasteiger charge is 2.33. The number of hydrogen-bond donors (Lipinski definition) is 2. The third kappa shape index (κ3) is 2.62. The Hall–Kier alpha value is -1.47. The van der Waals surface area contributed by atoms with Gasteiger partial charge in [-0.2, -0.15) is 0 Å². The highest BCUT2D eigenvalue weighted by Crippen LogP contribution is 2.32. The number of likely N-dealkylation sites (N-methyl/N-ethyl adjacent to an activating group) is 1. The number of carbonyl (C=O) groups excluding carboxylic acids is 1. The molecule has 7 heteroatoms. The van der Waals surface area contributed by atoms with Crippen LogP contribution in [0.4, 0.5) is 0 Å². The standard InChI is InChI=1S/C12H11BrN2O3S/c1-15-10(16)6-9(12(17)18)19(14)11(15)7-2-4-8(13)5-3-7/h2-6,11,14H,1H3,(H,17,18). The number of amides is 1. The number of hydrogen-bond acceptors (Lipinski definition) is 3. The second kappa shape index (κ2) is 5.26. The zero-order valence-electron chi connectivity index (χ0n) is 9.96. The summed E-state index contributed by atoms with van der Waals surface area (Å²) in [6, 6.07) is 7.20. The normalized spacial score (nSPS) is 23.2. The van der Waals surface area contributed by atoms with Crippen molar-refractivity contribution in [1.82, 2.24) is 4.90 Å². The molecule has 19 heavy (non-hydrogen) atoms. The van der Waals surface area contributed by atoms with E-state index in [4.69, 9.17) is 9.89 Å². The van der Waals surface area contributed by atoms with Gasteiger partial charge in [-0.05, 0) is 28.4 Å². The van der Waals surface area contributed by atoms with Crippen molar-refractivity contribution in [3.63, 3.8) is 0 Å². The summed E-state index contributed by atoms with van der Waals surface area (Å²) in [6.45, 7) is 0. The van der Waals surface area contributed by atoms with Crippen molar-refractivity contribution in [2.24, 2.45) is 0 Å². The summed E-state index contributed by atoms with van der Waals surface area (Å²) in [5.74, 6) is -1.59. The summed E-state index contributed by atoms with van der Waals surface area (Å²) < 4.78 is 8.99. The Balaban J connectivity index is 2.48. The van der Waals surface area contributed by atoms with Crippen LogP contribution in [-0.2, 0) is 20.3 Å². The SMILES string of the molecule is CN1C(=O)C=C(C(=O)O)S(=N)C1c1ccc(Br)cc1. The second-order valence-corrected chi connectivity index (χ2v) is 6.48. The van der Waals surface area contributed by atoms with E-state index in [2.05, 4.69) is 15.9 Å². The Morgan fingerprint density at radius 2 is 2.00 bits per heavy atom. The third-order valence-electron chi connectivity index (χ3n) is 2.78. The van der Waals surface area contributed by atoms with Crippen LogP contribution in [-0.4, -0.2) is 28.9 Å². The van der Waals surface area contributed by atoms with Gasteiger partial charge in [-0.25, -0.2) is 4.79 Å². The van der Waals surface area contributed by atoms with Gasteiger partial charge in [0.25, 0.3) is 0 Å². The van der Waals surface area contributed by atoms with E-state index in [0.717, 1.165) is 16.1 Å². The number of carboxylic acids is 1. The molecule has 5 nitrogen and oxygen atoms in total. The first kappa shape index (κ1) is 14.0. The summed E-state index contributed by atoms with van der Waals surface area (Å²) in [7, 11) is 0.279. The van der Waals surface area contributed by atoms with Crippen LogP contribution in [0.15, 0.2) is 39.7 Å². The minimum absolute atomic E-state index is 0.143. The lowest BCUT2D eigenvalue weighted by molar-refractivity contribution is -0.133. The summed E-state index contributed by atoms with van der Waals surface area (Å²) >= 11 is 3.32. The molecule has 1 aromatic carbocycles. The summed E-state index contributed by atoms with van der Waals surface area (Å²) in [4.78, 5) is 24.2. The molecule has 0 radical (unpaired) electrons. The van der Waals surface area contributed by atoms with Crippen molar-refractivity contribution in [1.29, 1.82) is 4.78 Å². The first-order valence-electron chi connectivity index (χ1n) is 5.33. The molecule has 0 saturated heterocycles. The predicted molar refractivity (Wildman–Crippen MR) is 75.5 cm³/mol. The smallest absolute Gasteiger partial charge is 0.343 e. The van der Waals surface area contributed by atoms with Gasteiger partial charge < -0.3 is 10.0 Å². The molecular formula is C12H11BrN2O3S. The van der Waals surface area contributed by atoms with Crippen molar-refractivity contribution in [2.75, 3.05) is 7.05 Å². The van der Waals surface area contributed by atoms with Gasteiger partial charge in [0.2, 0.25) is 5.91 Å². The molecule has 0 saturated carbocycles. The summed E-state index contributed by atoms with van der Waals surface area (Å²) in [5, 5.41) is 8.50. The summed E-state index contributed by atoms with van der Waals surface area (Å²) in [6.07, 6.45) is 1.04. The van der Waals surface area contributed by atoms with Crippen molar-refractivity contribution in [3.05, 3.63) is 45.3 Å². The molecule has 1 aromatic rings. The van der Waals surface area contributed by atoms with E-state index < -0.39 is 22.0 Å². The quantitative estimate of drug-likeness (QED) is 0.864. The molecule has 1 aliphatic heterocycles. The molecule has 0 aliphatic carbocycles. The van der Waals surface area contributed by atoms with Crippen molar-refractivity contribution < 1.29 is 14.7 Å². The molecule has 100 valence electrons. The lowest BCUT2D eigenvalue weighted by atomic mass is 10.2. The van der Waals surface area contributed by atoms with Crippen molar-refractivity contribution in [3.8, 4) is 0 Å². The minimum atomic E-state index is -1.30. The van der Waals surface area contributed by atoms with Gasteiger partial charge in [0.15, 0.2) is 0 Å². The van der Waals surface area contributed by atoms with Crippen LogP contribution in [0.25, 0.3) is 0 Å². The largest absolute Gasteiger partial charge is 0.477 e. The van der Waals surface area contributed by atoms with Crippen molar-refractivity contribution in [2.45, 2.75) is 5.37 Å². The van der Waals surface area contributed by atoms with E-state index in [1.54, 1.807) is 19.2 Å². The van der Waals surface area contributed by atoms with Gasteiger partial charge in [-0.1, -0.05) is 28.1 Å². The molecule has 0 fully saturated rings. The highest BCUT2D eigenvalue weighted by molar-refractivity contribution is 9.10. The Bertz CT molecular complexity index is 597. The van der Waals surface area contributed by atoms with Gasteiger partial charge in [-0.3, -0.25) is 9.57 Å². The van der Waals surface area contributed by atoms with E-state index in [9.17, 15) is 9.59 Å². The Kier molecular flexibility index (Phi) is 3.86. The third-order valence-corrected chi connectivity index (χ3v) is 5.11. The molecule has 2 N–H and O–H groups in total. The molecule has 1 heterocycles. The Morgan fingerprint density at radius 1 is 1.42 bits per heavy atom. The number of nitrogens with zero attached hydrogens (tertiary/aromatic N) is 1. The van der Waals surface area contributed by atoms with E-state index in [-0.39, 0.29) is 10.8 Å². The monoisotopic (exact) mass is 342 g/mol. The molecule has 2 rings (SSSR count). The topological polar surface area (TPSA) is 81.5 Å². The fourth-order valence-electron chi connectivity index (χ4n) is 1.81. The van der Waals surface area contributed by atoms with Gasteiger partial charge in [-0.15, -0.1) is 0 Å². The van der Waals surface area contributed by atoms with Gasteiger partial charge in [0.05, 0.1) is 0 Å². The van der Waals surface area contributed by atoms with E-state index >= 15 is 0 Å². The predicted octanol–water partition coefficient (Wildman–Crippen LogP) is 2.27. The van der Waals surface area contributed by atoms with Gasteiger partial charge in [0, 0.05) is 17.6 Å². The van der Waals surface area contributed by atoms with Crippen LogP contribution < -0.4 is 0 Å². The number of carbonyl (C=O) groups is 2. The lowest BCUT2D eigenvalue weighted by Gasteiger charge is -2.32. The second-order valence-electron chi connectivity index (χ2n) is 4.00. The van der Waals surface area contributed by atoms with Gasteiger partial charge in [0.1, 0.15) is 10.3 Å². The van der Waals surface area contributed by atoms with Crippen LogP contribution in [0.1, 0.15) is 10.9 Å². The first-order valence-corrected chi connectivity index (χ1v) is 7.41. The molecule has 0 aromatic heterocycles. The average Bonchev–Trinajstić information content (AvgIpc) is 2.36. The fraction of sp³-hybridized carbons (Fsp3) is 0.167. The maximum Gasteiger partial charge on any atom is 0.343 e. The maximum atomic E-state index is 11.8. The average molecular weight is 343 g/mol. The van der Waals surface area contributed by atoms with Crippen molar-refractivity contribution >= 4 is 38.5 Å². The van der Waals surface area contributed by atoms with Crippen LogP contribution in [0.5, 0.6) is 0 Å². The summed E-state index contributed by atoms with van der Waals surface area (Å²) in [5.41, 5.74) is 0.754. The Labute approximate surface area is 120 Å². The number of rotatable bonds is 2. The molecule has 1 amide bonds. The minimum Gasteiger partial charge on any atom is -0.477 e. The Morgan fingerprint density at radius 3 is 2.53 bits per heavy atom. The van der Waals surface area contributed by atoms with Crippen LogP contribution in [0.2, 0.25) is 0 Å². The molecule has 0 spiro atoms. The first-order chi connectivity index (χ1) is 8.91. The molecule has 2 unspecified atom stereocenters. The van der Waals surface area contributed by atoms with Crippen LogP contribution in [0, 0.1) is 4.78 Å². The number of carboxylic acid groups (broad SMARTS) is 1. The lowest BCUT2D eigenvalue weighted by Crippen LogP contribution is -2.37. The number of benzene rings is 1. The van der Waals surface area contributed by atoms with E-state index in [0.29, 0.717) is 0 Å². The van der Waals surface area contributed by atoms with Gasteiger partial charge >= 0.3 is 5.97 Å². The molecular weight excluding hydrogens is 332 g/mol. The molecule has 1 aliphatic rings. The molecule has 2 atom stereocenters. The zero-order chi connectivity index (χ0) is 14.2.